The minimum atomic E-state index is 0.0417. The zero-order valence-electron chi connectivity index (χ0n) is 10.9. The van der Waals surface area contributed by atoms with Gasteiger partial charge < -0.3 is 14.4 Å². The smallest absolute Gasteiger partial charge is 0.260 e. The Morgan fingerprint density at radius 1 is 1.53 bits per heavy atom. The van der Waals surface area contributed by atoms with Crippen molar-refractivity contribution in [3.8, 4) is 5.75 Å². The Morgan fingerprint density at radius 3 is 3.11 bits per heavy atom. The molecule has 0 N–H and O–H groups in total. The molecule has 0 atom stereocenters. The minimum absolute atomic E-state index is 0.0417. The highest BCUT2D eigenvalue weighted by Crippen LogP contribution is 2.37. The number of carbonyl (C=O) groups is 1. The number of hydrogen-bond donors (Lipinski definition) is 0. The Hall–Kier alpha value is -1.62. The average Bonchev–Trinajstić information content (AvgIpc) is 2.44. The van der Waals surface area contributed by atoms with Gasteiger partial charge in [-0.2, -0.15) is 0 Å². The third-order valence-corrected chi connectivity index (χ3v) is 3.81. The second-order valence-corrected chi connectivity index (χ2v) is 5.38. The first kappa shape index (κ1) is 12.4. The SMILES string of the molecule is O=C(COc1cccnc1)N1CC2(CCCOC2)C1. The highest BCUT2D eigenvalue weighted by atomic mass is 16.5. The lowest BCUT2D eigenvalue weighted by Gasteiger charge is -2.51. The number of rotatable bonds is 3. The maximum Gasteiger partial charge on any atom is 0.260 e. The largest absolute Gasteiger partial charge is 0.482 e. The van der Waals surface area contributed by atoms with Crippen molar-refractivity contribution < 1.29 is 14.3 Å². The number of pyridine rings is 1. The maximum absolute atomic E-state index is 12.0. The van der Waals surface area contributed by atoms with Crippen molar-refractivity contribution in [2.75, 3.05) is 32.9 Å². The molecule has 19 heavy (non-hydrogen) atoms. The van der Waals surface area contributed by atoms with Crippen molar-refractivity contribution >= 4 is 5.91 Å². The zero-order valence-corrected chi connectivity index (χ0v) is 10.9. The van der Waals surface area contributed by atoms with Crippen molar-refractivity contribution in [2.45, 2.75) is 12.8 Å². The van der Waals surface area contributed by atoms with E-state index < -0.39 is 0 Å². The molecule has 0 unspecified atom stereocenters. The van der Waals surface area contributed by atoms with Crippen molar-refractivity contribution in [1.29, 1.82) is 0 Å². The Kier molecular flexibility index (Phi) is 3.38. The summed E-state index contributed by atoms with van der Waals surface area (Å²) in [5, 5.41) is 0. The van der Waals surface area contributed by atoms with E-state index in [4.69, 9.17) is 9.47 Å². The molecule has 1 spiro atoms. The van der Waals surface area contributed by atoms with Gasteiger partial charge in [-0.05, 0) is 25.0 Å². The van der Waals surface area contributed by atoms with Gasteiger partial charge in [0.1, 0.15) is 5.75 Å². The van der Waals surface area contributed by atoms with Crippen LogP contribution in [0.1, 0.15) is 12.8 Å². The number of nitrogens with zero attached hydrogens (tertiary/aromatic N) is 2. The molecule has 2 saturated heterocycles. The summed E-state index contributed by atoms with van der Waals surface area (Å²) in [7, 11) is 0. The highest BCUT2D eigenvalue weighted by molar-refractivity contribution is 5.78. The lowest BCUT2D eigenvalue weighted by Crippen LogP contribution is -2.62. The van der Waals surface area contributed by atoms with Gasteiger partial charge in [-0.1, -0.05) is 0 Å². The molecule has 0 saturated carbocycles. The topological polar surface area (TPSA) is 51.7 Å². The molecule has 1 aromatic heterocycles. The lowest BCUT2D eigenvalue weighted by molar-refractivity contribution is -0.155. The van der Waals surface area contributed by atoms with Crippen LogP contribution in [0, 0.1) is 5.41 Å². The number of aromatic nitrogens is 1. The predicted molar refractivity (Wildman–Crippen MR) is 68.8 cm³/mol. The van der Waals surface area contributed by atoms with Gasteiger partial charge in [-0.15, -0.1) is 0 Å². The molecular weight excluding hydrogens is 244 g/mol. The van der Waals surface area contributed by atoms with Crippen molar-refractivity contribution in [2.24, 2.45) is 5.41 Å². The summed E-state index contributed by atoms with van der Waals surface area (Å²) in [6, 6.07) is 3.59. The maximum atomic E-state index is 12.0. The molecule has 0 radical (unpaired) electrons. The molecular formula is C14H18N2O3. The second-order valence-electron chi connectivity index (χ2n) is 5.38. The second kappa shape index (κ2) is 5.17. The van der Waals surface area contributed by atoms with Crippen LogP contribution in [-0.2, 0) is 9.53 Å². The molecule has 1 aromatic rings. The van der Waals surface area contributed by atoms with Crippen LogP contribution in [0.3, 0.4) is 0 Å². The number of hydrogen-bond acceptors (Lipinski definition) is 4. The predicted octanol–water partition coefficient (Wildman–Crippen LogP) is 1.10. The molecule has 0 aromatic carbocycles. The van der Waals surface area contributed by atoms with Gasteiger partial charge in [0.15, 0.2) is 6.61 Å². The molecule has 3 rings (SSSR count). The summed E-state index contributed by atoms with van der Waals surface area (Å²) in [6.45, 7) is 3.35. The summed E-state index contributed by atoms with van der Waals surface area (Å²) in [5.74, 6) is 0.673. The van der Waals surface area contributed by atoms with Crippen LogP contribution >= 0.6 is 0 Å². The van der Waals surface area contributed by atoms with E-state index in [9.17, 15) is 4.79 Å². The molecule has 5 heteroatoms. The van der Waals surface area contributed by atoms with Crippen LogP contribution in [0.2, 0.25) is 0 Å². The van der Waals surface area contributed by atoms with E-state index >= 15 is 0 Å². The van der Waals surface area contributed by atoms with Gasteiger partial charge in [-0.3, -0.25) is 9.78 Å². The van der Waals surface area contributed by atoms with E-state index in [1.165, 1.54) is 6.42 Å². The van der Waals surface area contributed by atoms with Crippen LogP contribution < -0.4 is 4.74 Å². The highest BCUT2D eigenvalue weighted by Gasteiger charge is 2.46. The number of carbonyl (C=O) groups excluding carboxylic acids is 1. The molecule has 2 aliphatic heterocycles. The monoisotopic (exact) mass is 262 g/mol. The van der Waals surface area contributed by atoms with Gasteiger partial charge in [0.05, 0.1) is 12.8 Å². The molecule has 0 aliphatic carbocycles. The van der Waals surface area contributed by atoms with Crippen LogP contribution in [0.4, 0.5) is 0 Å². The van der Waals surface area contributed by atoms with Crippen molar-refractivity contribution in [3.05, 3.63) is 24.5 Å². The van der Waals surface area contributed by atoms with E-state index in [1.807, 2.05) is 4.90 Å². The third kappa shape index (κ3) is 2.71. The molecule has 2 fully saturated rings. The number of ether oxygens (including phenoxy) is 2. The Labute approximate surface area is 112 Å². The van der Waals surface area contributed by atoms with Gasteiger partial charge in [0.2, 0.25) is 0 Å². The van der Waals surface area contributed by atoms with Gasteiger partial charge in [0, 0.05) is 31.3 Å². The van der Waals surface area contributed by atoms with E-state index in [2.05, 4.69) is 4.98 Å². The molecule has 102 valence electrons. The van der Waals surface area contributed by atoms with Crippen molar-refractivity contribution in [1.82, 2.24) is 9.88 Å². The fraction of sp³-hybridized carbons (Fsp3) is 0.571. The van der Waals surface area contributed by atoms with Crippen LogP contribution in [0.15, 0.2) is 24.5 Å². The van der Waals surface area contributed by atoms with E-state index in [0.717, 1.165) is 32.7 Å². The summed E-state index contributed by atoms with van der Waals surface area (Å²) in [6.07, 6.45) is 5.56. The first-order valence-corrected chi connectivity index (χ1v) is 6.66. The summed E-state index contributed by atoms with van der Waals surface area (Å²) in [5.41, 5.74) is 0.224. The Morgan fingerprint density at radius 2 is 2.42 bits per heavy atom. The van der Waals surface area contributed by atoms with Crippen LogP contribution in [-0.4, -0.2) is 48.7 Å². The standard InChI is InChI=1S/C14H18N2O3/c17-13(8-19-12-3-1-5-15-7-12)16-9-14(10-16)4-2-6-18-11-14/h1,3,5,7H,2,4,6,8-11H2. The fourth-order valence-electron chi connectivity index (χ4n) is 2.77. The third-order valence-electron chi connectivity index (χ3n) is 3.81. The van der Waals surface area contributed by atoms with Gasteiger partial charge in [0.25, 0.3) is 5.91 Å². The summed E-state index contributed by atoms with van der Waals surface area (Å²) in [4.78, 5) is 17.8. The zero-order chi connectivity index (χ0) is 13.1. The Balaban J connectivity index is 1.45. The quantitative estimate of drug-likeness (QED) is 0.818. The van der Waals surface area contributed by atoms with E-state index in [0.29, 0.717) is 5.75 Å². The van der Waals surface area contributed by atoms with Crippen LogP contribution in [0.25, 0.3) is 0 Å². The van der Waals surface area contributed by atoms with Gasteiger partial charge >= 0.3 is 0 Å². The van der Waals surface area contributed by atoms with Gasteiger partial charge in [-0.25, -0.2) is 0 Å². The van der Waals surface area contributed by atoms with Crippen LogP contribution in [0.5, 0.6) is 5.75 Å². The minimum Gasteiger partial charge on any atom is -0.482 e. The first-order chi connectivity index (χ1) is 9.27. The van der Waals surface area contributed by atoms with E-state index in [1.54, 1.807) is 24.5 Å². The Bertz CT molecular complexity index is 435. The summed E-state index contributed by atoms with van der Waals surface area (Å²) < 4.78 is 10.9. The number of amides is 1. The normalized spacial score (nSPS) is 20.9. The van der Waals surface area contributed by atoms with E-state index in [-0.39, 0.29) is 17.9 Å². The van der Waals surface area contributed by atoms with Crippen molar-refractivity contribution in [3.63, 3.8) is 0 Å². The first-order valence-electron chi connectivity index (χ1n) is 6.66. The average molecular weight is 262 g/mol. The molecule has 1 amide bonds. The molecule has 3 heterocycles. The fourth-order valence-corrected chi connectivity index (χ4v) is 2.77. The summed E-state index contributed by atoms with van der Waals surface area (Å²) >= 11 is 0. The molecule has 2 aliphatic rings. The lowest BCUT2D eigenvalue weighted by atomic mass is 9.75. The molecule has 5 nitrogen and oxygen atoms in total. The number of likely N-dealkylation sites (tertiary alicyclic amines) is 1. The molecule has 0 bridgehead atoms.